The quantitative estimate of drug-likeness (QED) is 0.442. The molecule has 0 aromatic heterocycles. The Morgan fingerprint density at radius 1 is 1.31 bits per heavy atom. The van der Waals surface area contributed by atoms with E-state index < -0.39 is 0 Å². The molecule has 0 heterocycles. The average molecular weight is 223 g/mol. The van der Waals surface area contributed by atoms with Gasteiger partial charge in [-0.2, -0.15) is 0 Å². The van der Waals surface area contributed by atoms with Crippen LogP contribution in [0.1, 0.15) is 20.3 Å². The van der Waals surface area contributed by atoms with Crippen molar-refractivity contribution < 1.29 is 9.47 Å². The second-order valence-electron chi connectivity index (χ2n) is 2.45. The highest BCUT2D eigenvalue weighted by atomic mass is 32.2. The van der Waals surface area contributed by atoms with Crippen LogP contribution in [-0.2, 0) is 9.47 Å². The van der Waals surface area contributed by atoms with Crippen LogP contribution >= 0.6 is 24.4 Å². The zero-order valence-corrected chi connectivity index (χ0v) is 10.1. The van der Waals surface area contributed by atoms with Crippen molar-refractivity contribution >= 4 is 24.4 Å². The summed E-state index contributed by atoms with van der Waals surface area (Å²) in [6.45, 7) is 6.38. The lowest BCUT2D eigenvalue weighted by Gasteiger charge is -2.15. The minimum absolute atomic E-state index is 0.292. The van der Waals surface area contributed by atoms with Crippen LogP contribution in [0.3, 0.4) is 0 Å². The maximum absolute atomic E-state index is 5.52. The molecule has 0 spiro atoms. The first-order valence-electron chi connectivity index (χ1n) is 4.74. The van der Waals surface area contributed by atoms with E-state index in [1.807, 2.05) is 18.7 Å². The highest BCUT2D eigenvalue weighted by Crippen LogP contribution is 2.15. The highest BCUT2D eigenvalue weighted by Gasteiger charge is 2.06. The summed E-state index contributed by atoms with van der Waals surface area (Å²) in [7, 11) is 0. The van der Waals surface area contributed by atoms with E-state index in [0.29, 0.717) is 17.8 Å². The van der Waals surface area contributed by atoms with Gasteiger partial charge in [0.25, 0.3) is 0 Å². The molecule has 0 N–H and O–H groups in total. The van der Waals surface area contributed by atoms with Crippen LogP contribution in [0.5, 0.6) is 0 Å². The van der Waals surface area contributed by atoms with Crippen molar-refractivity contribution in [3.63, 3.8) is 0 Å². The van der Waals surface area contributed by atoms with Gasteiger partial charge < -0.3 is 9.47 Å². The van der Waals surface area contributed by atoms with Crippen LogP contribution in [-0.4, -0.2) is 36.8 Å². The zero-order valence-electron chi connectivity index (χ0n) is 8.45. The molecule has 1 radical (unpaired) electrons. The molecular weight excluding hydrogens is 204 g/mol. The van der Waals surface area contributed by atoms with Crippen molar-refractivity contribution in [3.05, 3.63) is 0 Å². The normalized spacial score (nSPS) is 13.2. The largest absolute Gasteiger partial charge is 0.380 e. The van der Waals surface area contributed by atoms with E-state index in [0.717, 1.165) is 25.4 Å². The molecule has 2 nitrogen and oxygen atoms in total. The van der Waals surface area contributed by atoms with Gasteiger partial charge in [-0.15, -0.1) is 11.8 Å². The van der Waals surface area contributed by atoms with E-state index in [4.69, 9.17) is 22.1 Å². The minimum atomic E-state index is 0.292. The first-order valence-corrected chi connectivity index (χ1v) is 6.36. The molecule has 4 heteroatoms. The van der Waals surface area contributed by atoms with Crippen molar-refractivity contribution in [2.75, 3.05) is 31.3 Å². The van der Waals surface area contributed by atoms with Crippen molar-refractivity contribution in [2.24, 2.45) is 0 Å². The SMILES string of the molecule is CCOC(CCOCC[S])SCC. The molecular formula is C9H19O2S2. The predicted molar refractivity (Wildman–Crippen MR) is 61.4 cm³/mol. The highest BCUT2D eigenvalue weighted by molar-refractivity contribution is 7.99. The standard InChI is InChI=1S/C9H19O2S2/c1-3-11-9(13-4-2)5-6-10-7-8-12/h9H,3-8H2,1-2H3. The van der Waals surface area contributed by atoms with E-state index in [1.165, 1.54) is 0 Å². The molecule has 0 amide bonds. The predicted octanol–water partition coefficient (Wildman–Crippen LogP) is 2.71. The second kappa shape index (κ2) is 10.7. The summed E-state index contributed by atoms with van der Waals surface area (Å²) >= 11 is 6.60. The molecule has 0 saturated heterocycles. The van der Waals surface area contributed by atoms with Crippen LogP contribution < -0.4 is 0 Å². The molecule has 0 saturated carbocycles. The summed E-state index contributed by atoms with van der Waals surface area (Å²) in [6, 6.07) is 0. The van der Waals surface area contributed by atoms with Crippen molar-refractivity contribution in [1.29, 1.82) is 0 Å². The van der Waals surface area contributed by atoms with Gasteiger partial charge in [-0.3, -0.25) is 0 Å². The summed E-state index contributed by atoms with van der Waals surface area (Å²) in [5.74, 6) is 1.77. The first-order chi connectivity index (χ1) is 6.35. The van der Waals surface area contributed by atoms with Crippen LogP contribution in [0, 0.1) is 0 Å². The Bertz CT molecular complexity index is 95.6. The van der Waals surface area contributed by atoms with Crippen molar-refractivity contribution in [3.8, 4) is 0 Å². The van der Waals surface area contributed by atoms with Crippen LogP contribution in [0.4, 0.5) is 0 Å². The molecule has 0 aliphatic carbocycles. The van der Waals surface area contributed by atoms with Gasteiger partial charge in [0.1, 0.15) is 5.44 Å². The molecule has 0 aromatic rings. The molecule has 0 bridgehead atoms. The Hall–Kier alpha value is 0.620. The molecule has 79 valence electrons. The van der Waals surface area contributed by atoms with E-state index in [1.54, 1.807) is 0 Å². The third kappa shape index (κ3) is 8.94. The first kappa shape index (κ1) is 13.6. The van der Waals surface area contributed by atoms with Gasteiger partial charge in [-0.05, 0) is 12.7 Å². The Balaban J connectivity index is 3.33. The van der Waals surface area contributed by atoms with Gasteiger partial charge in [0, 0.05) is 25.4 Å². The fourth-order valence-corrected chi connectivity index (χ4v) is 1.91. The molecule has 13 heavy (non-hydrogen) atoms. The molecule has 1 atom stereocenters. The number of rotatable bonds is 9. The summed E-state index contributed by atoms with van der Waals surface area (Å²) in [5.41, 5.74) is 0.292. The van der Waals surface area contributed by atoms with Crippen LogP contribution in [0.25, 0.3) is 0 Å². The fraction of sp³-hybridized carbons (Fsp3) is 1.00. The van der Waals surface area contributed by atoms with Crippen LogP contribution in [0.15, 0.2) is 0 Å². The number of hydrogen-bond donors (Lipinski definition) is 0. The Kier molecular flexibility index (Phi) is 11.2. The average Bonchev–Trinajstić information content (AvgIpc) is 2.13. The lowest BCUT2D eigenvalue weighted by Crippen LogP contribution is -2.12. The van der Waals surface area contributed by atoms with Gasteiger partial charge in [0.2, 0.25) is 0 Å². The van der Waals surface area contributed by atoms with Gasteiger partial charge in [-0.1, -0.05) is 19.6 Å². The van der Waals surface area contributed by atoms with E-state index in [9.17, 15) is 0 Å². The lowest BCUT2D eigenvalue weighted by molar-refractivity contribution is 0.0780. The molecule has 0 aliphatic rings. The second-order valence-corrected chi connectivity index (χ2v) is 4.29. The maximum Gasteiger partial charge on any atom is 0.105 e. The van der Waals surface area contributed by atoms with E-state index >= 15 is 0 Å². The Labute approximate surface area is 91.2 Å². The molecule has 0 aromatic carbocycles. The van der Waals surface area contributed by atoms with Crippen LogP contribution in [0.2, 0.25) is 0 Å². The molecule has 0 rings (SSSR count). The fourth-order valence-electron chi connectivity index (χ4n) is 0.927. The summed E-state index contributed by atoms with van der Waals surface area (Å²) in [5, 5.41) is 0. The summed E-state index contributed by atoms with van der Waals surface area (Å²) in [4.78, 5) is 0. The topological polar surface area (TPSA) is 18.5 Å². The Morgan fingerprint density at radius 2 is 2.08 bits per heavy atom. The smallest absolute Gasteiger partial charge is 0.105 e. The Morgan fingerprint density at radius 3 is 2.62 bits per heavy atom. The monoisotopic (exact) mass is 223 g/mol. The third-order valence-corrected chi connectivity index (χ3v) is 2.67. The van der Waals surface area contributed by atoms with Gasteiger partial charge >= 0.3 is 0 Å². The third-order valence-electron chi connectivity index (χ3n) is 1.43. The van der Waals surface area contributed by atoms with Gasteiger partial charge in [0.05, 0.1) is 6.61 Å². The van der Waals surface area contributed by atoms with E-state index in [-0.39, 0.29) is 0 Å². The van der Waals surface area contributed by atoms with Crippen molar-refractivity contribution in [2.45, 2.75) is 25.7 Å². The minimum Gasteiger partial charge on any atom is -0.380 e. The summed E-state index contributed by atoms with van der Waals surface area (Å²) < 4.78 is 10.8. The van der Waals surface area contributed by atoms with Gasteiger partial charge in [0.15, 0.2) is 0 Å². The zero-order chi connectivity index (χ0) is 9.94. The molecule has 0 aliphatic heterocycles. The van der Waals surface area contributed by atoms with Crippen molar-refractivity contribution in [1.82, 2.24) is 0 Å². The summed E-state index contributed by atoms with van der Waals surface area (Å²) in [6.07, 6.45) is 0.960. The molecule has 1 unspecified atom stereocenters. The van der Waals surface area contributed by atoms with Gasteiger partial charge in [-0.25, -0.2) is 0 Å². The number of hydrogen-bond acceptors (Lipinski definition) is 3. The number of thioether (sulfide) groups is 1. The number of ether oxygens (including phenoxy) is 2. The molecule has 0 fully saturated rings. The maximum atomic E-state index is 5.52. The lowest BCUT2D eigenvalue weighted by atomic mass is 10.5. The van der Waals surface area contributed by atoms with E-state index in [2.05, 4.69) is 6.92 Å².